The summed E-state index contributed by atoms with van der Waals surface area (Å²) in [4.78, 5) is -0.452. The molecule has 0 aliphatic heterocycles. The normalized spacial score (nSPS) is 11.6. The second kappa shape index (κ2) is 7.04. The van der Waals surface area contributed by atoms with Crippen molar-refractivity contribution in [2.75, 3.05) is 20.1 Å². The van der Waals surface area contributed by atoms with Crippen LogP contribution in [0.1, 0.15) is 12.5 Å². The molecular weight excluding hydrogens is 303 g/mol. The average Bonchev–Trinajstić information content (AvgIpc) is 2.39. The Hall–Kier alpha value is -1.13. The van der Waals surface area contributed by atoms with Crippen molar-refractivity contribution in [3.8, 4) is 12.3 Å². The smallest absolute Gasteiger partial charge is 0.246 e. The summed E-state index contributed by atoms with van der Waals surface area (Å²) in [6.45, 7) is 1.84. The molecule has 1 aromatic rings. The molecule has 0 radical (unpaired) electrons. The van der Waals surface area contributed by atoms with E-state index in [0.29, 0.717) is 0 Å². The highest BCUT2D eigenvalue weighted by atomic mass is 35.5. The lowest BCUT2D eigenvalue weighted by Crippen LogP contribution is -2.32. The van der Waals surface area contributed by atoms with Gasteiger partial charge in [0.1, 0.15) is 10.7 Å². The summed E-state index contributed by atoms with van der Waals surface area (Å²) in [5.74, 6) is 1.44. The number of terminal acetylenes is 1. The Bertz CT molecular complexity index is 626. The highest BCUT2D eigenvalue weighted by Crippen LogP contribution is 2.26. The van der Waals surface area contributed by atoms with E-state index < -0.39 is 20.7 Å². The van der Waals surface area contributed by atoms with Crippen LogP contribution in [-0.2, 0) is 16.6 Å². The van der Waals surface area contributed by atoms with Gasteiger partial charge >= 0.3 is 0 Å². The van der Waals surface area contributed by atoms with Gasteiger partial charge in [-0.3, -0.25) is 0 Å². The predicted octanol–water partition coefficient (Wildman–Crippen LogP) is 1.84. The van der Waals surface area contributed by atoms with Gasteiger partial charge in [-0.25, -0.2) is 12.8 Å². The largest absolute Gasteiger partial charge is 0.316 e. The first-order valence-electron chi connectivity index (χ1n) is 5.94. The van der Waals surface area contributed by atoms with E-state index in [2.05, 4.69) is 11.2 Å². The van der Waals surface area contributed by atoms with Crippen LogP contribution in [0.3, 0.4) is 0 Å². The molecule has 1 rings (SSSR count). The number of benzene rings is 1. The van der Waals surface area contributed by atoms with Gasteiger partial charge in [-0.15, -0.1) is 6.42 Å². The Morgan fingerprint density at radius 3 is 2.65 bits per heavy atom. The van der Waals surface area contributed by atoms with Crippen LogP contribution in [0.2, 0.25) is 5.02 Å². The number of halogens is 2. The van der Waals surface area contributed by atoms with Crippen LogP contribution in [-0.4, -0.2) is 32.9 Å². The fourth-order valence-electron chi connectivity index (χ4n) is 1.73. The molecule has 1 aromatic carbocycles. The molecule has 0 saturated carbocycles. The highest BCUT2D eigenvalue weighted by molar-refractivity contribution is 7.89. The molecule has 20 heavy (non-hydrogen) atoms. The van der Waals surface area contributed by atoms with E-state index in [1.165, 1.54) is 6.07 Å². The summed E-state index contributed by atoms with van der Waals surface area (Å²) in [5, 5.41) is 2.92. The molecule has 0 aromatic heterocycles. The summed E-state index contributed by atoms with van der Waals surface area (Å²) < 4.78 is 40.1. The Morgan fingerprint density at radius 2 is 2.15 bits per heavy atom. The lowest BCUT2D eigenvalue weighted by Gasteiger charge is -2.19. The number of sulfonamides is 1. The summed E-state index contributed by atoms with van der Waals surface area (Å²) in [5.41, 5.74) is 0.190. The molecule has 0 heterocycles. The van der Waals surface area contributed by atoms with Gasteiger partial charge in [0, 0.05) is 23.7 Å². The third kappa shape index (κ3) is 3.49. The van der Waals surface area contributed by atoms with Crippen molar-refractivity contribution in [2.24, 2.45) is 0 Å². The first-order valence-corrected chi connectivity index (χ1v) is 7.76. The number of nitrogens with zero attached hydrogens (tertiary/aromatic N) is 1. The molecule has 0 amide bonds. The van der Waals surface area contributed by atoms with E-state index in [1.54, 1.807) is 14.0 Å². The highest BCUT2D eigenvalue weighted by Gasteiger charge is 2.27. The Balaban J connectivity index is 3.42. The summed E-state index contributed by atoms with van der Waals surface area (Å²) in [6.07, 6.45) is 5.14. The maximum absolute atomic E-state index is 14.3. The minimum atomic E-state index is -4.00. The number of nitrogens with one attached hydrogen (secondary N) is 1. The van der Waals surface area contributed by atoms with E-state index in [4.69, 9.17) is 18.0 Å². The van der Waals surface area contributed by atoms with Gasteiger partial charge in [-0.2, -0.15) is 4.31 Å². The molecular formula is C13H16ClFN2O2S. The van der Waals surface area contributed by atoms with Crippen LogP contribution in [0, 0.1) is 18.2 Å². The van der Waals surface area contributed by atoms with Gasteiger partial charge < -0.3 is 5.32 Å². The molecule has 0 unspecified atom stereocenters. The molecule has 0 aliphatic rings. The summed E-state index contributed by atoms with van der Waals surface area (Å²) >= 11 is 5.87. The van der Waals surface area contributed by atoms with Gasteiger partial charge in [0.2, 0.25) is 10.0 Å². The van der Waals surface area contributed by atoms with E-state index in [1.807, 2.05) is 0 Å². The standard InChI is InChI=1S/C13H16ClFN2O2S/c1-4-6-17(5-2)20(18,19)12-8-11(14)7-10(9-16-3)13(12)15/h1,7-8,16H,5-6,9H2,2-3H3. The summed E-state index contributed by atoms with van der Waals surface area (Å²) in [7, 11) is -2.37. The second-order valence-corrected chi connectivity index (χ2v) is 6.39. The fraction of sp³-hybridized carbons (Fsp3) is 0.385. The topological polar surface area (TPSA) is 49.4 Å². The number of rotatable bonds is 6. The fourth-order valence-corrected chi connectivity index (χ4v) is 3.53. The van der Waals surface area contributed by atoms with Crippen LogP contribution in [0.4, 0.5) is 4.39 Å². The van der Waals surface area contributed by atoms with Crippen molar-refractivity contribution < 1.29 is 12.8 Å². The first kappa shape index (κ1) is 16.9. The predicted molar refractivity (Wildman–Crippen MR) is 77.4 cm³/mol. The van der Waals surface area contributed by atoms with Crippen LogP contribution in [0.5, 0.6) is 0 Å². The summed E-state index contributed by atoms with van der Waals surface area (Å²) in [6, 6.07) is 2.49. The Labute approximate surface area is 124 Å². The van der Waals surface area contributed by atoms with Crippen molar-refractivity contribution in [1.82, 2.24) is 9.62 Å². The van der Waals surface area contributed by atoms with E-state index in [-0.39, 0.29) is 30.2 Å². The monoisotopic (exact) mass is 318 g/mol. The quantitative estimate of drug-likeness (QED) is 0.814. The lowest BCUT2D eigenvalue weighted by atomic mass is 10.2. The minimum absolute atomic E-state index is 0.119. The SMILES string of the molecule is C#CCN(CC)S(=O)(=O)c1cc(Cl)cc(CNC)c1F. The van der Waals surface area contributed by atoms with Gasteiger partial charge in [0.05, 0.1) is 6.54 Å². The van der Waals surface area contributed by atoms with Crippen molar-refractivity contribution in [3.05, 3.63) is 28.5 Å². The molecule has 0 fully saturated rings. The molecule has 0 spiro atoms. The van der Waals surface area contributed by atoms with Gasteiger partial charge in [-0.1, -0.05) is 24.4 Å². The number of hydrogen-bond donors (Lipinski definition) is 1. The Morgan fingerprint density at radius 1 is 1.50 bits per heavy atom. The molecule has 1 N–H and O–H groups in total. The minimum Gasteiger partial charge on any atom is -0.316 e. The van der Waals surface area contributed by atoms with Crippen LogP contribution >= 0.6 is 11.6 Å². The average molecular weight is 319 g/mol. The molecule has 4 nitrogen and oxygen atoms in total. The molecule has 0 atom stereocenters. The van der Waals surface area contributed by atoms with Gasteiger partial charge in [0.25, 0.3) is 0 Å². The van der Waals surface area contributed by atoms with E-state index in [0.717, 1.165) is 10.4 Å². The maximum Gasteiger partial charge on any atom is 0.246 e. The van der Waals surface area contributed by atoms with Gasteiger partial charge in [0.15, 0.2) is 0 Å². The molecule has 110 valence electrons. The second-order valence-electron chi connectivity index (χ2n) is 4.04. The van der Waals surface area contributed by atoms with Crippen molar-refractivity contribution in [1.29, 1.82) is 0 Å². The van der Waals surface area contributed by atoms with Crippen molar-refractivity contribution in [2.45, 2.75) is 18.4 Å². The zero-order valence-corrected chi connectivity index (χ0v) is 12.9. The van der Waals surface area contributed by atoms with Crippen LogP contribution < -0.4 is 5.32 Å². The van der Waals surface area contributed by atoms with Crippen LogP contribution in [0.25, 0.3) is 0 Å². The number of hydrogen-bond acceptors (Lipinski definition) is 3. The van der Waals surface area contributed by atoms with Crippen molar-refractivity contribution in [3.63, 3.8) is 0 Å². The first-order chi connectivity index (χ1) is 9.38. The molecule has 0 saturated heterocycles. The van der Waals surface area contributed by atoms with Crippen LogP contribution in [0.15, 0.2) is 17.0 Å². The molecule has 0 bridgehead atoms. The van der Waals surface area contributed by atoms with Gasteiger partial charge in [-0.05, 0) is 19.2 Å². The molecule has 7 heteroatoms. The Kier molecular flexibility index (Phi) is 5.96. The third-order valence-corrected chi connectivity index (χ3v) is 4.82. The molecule has 0 aliphatic carbocycles. The maximum atomic E-state index is 14.3. The third-order valence-electron chi connectivity index (χ3n) is 2.68. The van der Waals surface area contributed by atoms with E-state index in [9.17, 15) is 12.8 Å². The van der Waals surface area contributed by atoms with E-state index >= 15 is 0 Å². The zero-order valence-electron chi connectivity index (χ0n) is 11.3. The van der Waals surface area contributed by atoms with Crippen molar-refractivity contribution >= 4 is 21.6 Å². The zero-order chi connectivity index (χ0) is 15.3. The lowest BCUT2D eigenvalue weighted by molar-refractivity contribution is 0.456.